The van der Waals surface area contributed by atoms with Gasteiger partial charge >= 0.3 is 0 Å². The molecule has 0 N–H and O–H groups in total. The van der Waals surface area contributed by atoms with Gasteiger partial charge in [-0.3, -0.25) is 19.5 Å². The standard InChI is InChI=1S/C20H16N2O2/c23-19-16-10-3-6-14-7-4-11-17(18(14)16)20(24)22(19)13-5-9-15-8-1-2-12-21-15/h1-4,6-8,10-12H,5,9,13H2. The zero-order chi connectivity index (χ0) is 16.5. The number of aryl methyl sites for hydroxylation is 1. The van der Waals surface area contributed by atoms with Gasteiger partial charge in [0.2, 0.25) is 0 Å². The summed E-state index contributed by atoms with van der Waals surface area (Å²) in [5.41, 5.74) is 2.19. The summed E-state index contributed by atoms with van der Waals surface area (Å²) in [5, 5.41) is 1.70. The molecule has 24 heavy (non-hydrogen) atoms. The molecule has 0 aliphatic carbocycles. The van der Waals surface area contributed by atoms with Crippen LogP contribution in [0.3, 0.4) is 0 Å². The van der Waals surface area contributed by atoms with Crippen molar-refractivity contribution in [2.24, 2.45) is 0 Å². The van der Waals surface area contributed by atoms with E-state index in [0.29, 0.717) is 24.1 Å². The summed E-state index contributed by atoms with van der Waals surface area (Å²) in [7, 11) is 0. The molecule has 0 fully saturated rings. The van der Waals surface area contributed by atoms with Crippen LogP contribution in [0.2, 0.25) is 0 Å². The maximum atomic E-state index is 12.7. The maximum Gasteiger partial charge on any atom is 0.261 e. The average Bonchev–Trinajstić information content (AvgIpc) is 2.63. The van der Waals surface area contributed by atoms with E-state index in [1.165, 1.54) is 4.90 Å². The number of amides is 2. The van der Waals surface area contributed by atoms with Gasteiger partial charge in [0.1, 0.15) is 0 Å². The number of pyridine rings is 1. The molecule has 4 heteroatoms. The summed E-state index contributed by atoms with van der Waals surface area (Å²) in [4.78, 5) is 31.1. The molecular formula is C20H16N2O2. The van der Waals surface area contributed by atoms with E-state index in [9.17, 15) is 9.59 Å². The molecular weight excluding hydrogens is 300 g/mol. The second-order valence-electron chi connectivity index (χ2n) is 5.90. The smallest absolute Gasteiger partial charge is 0.261 e. The van der Waals surface area contributed by atoms with Gasteiger partial charge in [-0.05, 0) is 42.5 Å². The molecule has 0 bridgehead atoms. The van der Waals surface area contributed by atoms with E-state index in [1.54, 1.807) is 18.3 Å². The van der Waals surface area contributed by atoms with Crippen molar-refractivity contribution in [3.05, 3.63) is 77.6 Å². The lowest BCUT2D eigenvalue weighted by atomic mass is 9.94. The summed E-state index contributed by atoms with van der Waals surface area (Å²) < 4.78 is 0. The summed E-state index contributed by atoms with van der Waals surface area (Å²) in [6.45, 7) is 0.402. The van der Waals surface area contributed by atoms with E-state index in [-0.39, 0.29) is 11.8 Å². The van der Waals surface area contributed by atoms with Crippen molar-refractivity contribution in [3.8, 4) is 0 Å². The predicted molar refractivity (Wildman–Crippen MR) is 91.9 cm³/mol. The van der Waals surface area contributed by atoms with Crippen LogP contribution in [0.5, 0.6) is 0 Å². The molecule has 0 saturated heterocycles. The first-order valence-corrected chi connectivity index (χ1v) is 8.03. The lowest BCUT2D eigenvalue weighted by Crippen LogP contribution is -2.41. The molecule has 2 heterocycles. The first-order chi connectivity index (χ1) is 11.8. The van der Waals surface area contributed by atoms with Gasteiger partial charge in [-0.1, -0.05) is 30.3 Å². The van der Waals surface area contributed by atoms with Crippen molar-refractivity contribution < 1.29 is 9.59 Å². The van der Waals surface area contributed by atoms with E-state index in [0.717, 1.165) is 22.9 Å². The van der Waals surface area contributed by atoms with Crippen LogP contribution in [-0.4, -0.2) is 28.2 Å². The van der Waals surface area contributed by atoms with Gasteiger partial charge in [0.25, 0.3) is 11.8 Å². The number of aromatic nitrogens is 1. The highest BCUT2D eigenvalue weighted by molar-refractivity contribution is 6.25. The fourth-order valence-corrected chi connectivity index (χ4v) is 3.25. The van der Waals surface area contributed by atoms with E-state index in [1.807, 2.05) is 42.5 Å². The van der Waals surface area contributed by atoms with Crippen molar-refractivity contribution in [1.29, 1.82) is 0 Å². The molecule has 4 rings (SSSR count). The summed E-state index contributed by atoms with van der Waals surface area (Å²) in [5.74, 6) is -0.407. The molecule has 0 spiro atoms. The van der Waals surface area contributed by atoms with Gasteiger partial charge in [0.15, 0.2) is 0 Å². The minimum atomic E-state index is -0.203. The first kappa shape index (κ1) is 14.6. The molecule has 3 aromatic rings. The Kier molecular flexibility index (Phi) is 3.58. The number of carbonyl (C=O) groups is 2. The molecule has 2 amide bonds. The van der Waals surface area contributed by atoms with Gasteiger partial charge in [-0.15, -0.1) is 0 Å². The predicted octanol–water partition coefficient (Wildman–Crippen LogP) is 3.46. The molecule has 0 atom stereocenters. The van der Waals surface area contributed by atoms with Crippen molar-refractivity contribution in [3.63, 3.8) is 0 Å². The van der Waals surface area contributed by atoms with E-state index in [2.05, 4.69) is 4.98 Å². The number of hydrogen-bond donors (Lipinski definition) is 0. The van der Waals surface area contributed by atoms with E-state index < -0.39 is 0 Å². The first-order valence-electron chi connectivity index (χ1n) is 8.03. The molecule has 0 radical (unpaired) electrons. The molecule has 1 aromatic heterocycles. The highest BCUT2D eigenvalue weighted by atomic mass is 16.2. The maximum absolute atomic E-state index is 12.7. The number of carbonyl (C=O) groups excluding carboxylic acids is 2. The van der Waals surface area contributed by atoms with Crippen LogP contribution in [0.4, 0.5) is 0 Å². The van der Waals surface area contributed by atoms with Gasteiger partial charge in [0.05, 0.1) is 0 Å². The minimum absolute atomic E-state index is 0.203. The summed E-state index contributed by atoms with van der Waals surface area (Å²) in [6, 6.07) is 16.9. The van der Waals surface area contributed by atoms with Crippen LogP contribution in [0.1, 0.15) is 32.8 Å². The van der Waals surface area contributed by atoms with Crippen LogP contribution in [0.25, 0.3) is 10.8 Å². The second kappa shape index (κ2) is 5.89. The van der Waals surface area contributed by atoms with Crippen molar-refractivity contribution in [1.82, 2.24) is 9.88 Å². The van der Waals surface area contributed by atoms with Gasteiger partial charge in [-0.2, -0.15) is 0 Å². The van der Waals surface area contributed by atoms with Crippen molar-refractivity contribution in [2.75, 3.05) is 6.54 Å². The topological polar surface area (TPSA) is 50.3 Å². The van der Waals surface area contributed by atoms with Crippen LogP contribution < -0.4 is 0 Å². The van der Waals surface area contributed by atoms with E-state index >= 15 is 0 Å². The molecule has 118 valence electrons. The van der Waals surface area contributed by atoms with Crippen LogP contribution >= 0.6 is 0 Å². The van der Waals surface area contributed by atoms with Crippen LogP contribution in [-0.2, 0) is 6.42 Å². The lowest BCUT2D eigenvalue weighted by molar-refractivity contribution is 0.0609. The molecule has 2 aromatic carbocycles. The third-order valence-electron chi connectivity index (χ3n) is 4.40. The fourth-order valence-electron chi connectivity index (χ4n) is 3.25. The highest BCUT2D eigenvalue weighted by Crippen LogP contribution is 2.29. The monoisotopic (exact) mass is 316 g/mol. The van der Waals surface area contributed by atoms with Crippen molar-refractivity contribution in [2.45, 2.75) is 12.8 Å². The summed E-state index contributed by atoms with van der Waals surface area (Å²) >= 11 is 0. The quantitative estimate of drug-likeness (QED) is 0.693. The number of imide groups is 1. The van der Waals surface area contributed by atoms with E-state index in [4.69, 9.17) is 0 Å². The number of benzene rings is 2. The number of rotatable bonds is 4. The molecule has 0 saturated carbocycles. The Morgan fingerprint density at radius 1 is 0.833 bits per heavy atom. The minimum Gasteiger partial charge on any atom is -0.274 e. The Bertz CT molecular complexity index is 884. The fraction of sp³-hybridized carbons (Fsp3) is 0.150. The Balaban J connectivity index is 1.60. The summed E-state index contributed by atoms with van der Waals surface area (Å²) in [6.07, 6.45) is 3.19. The zero-order valence-corrected chi connectivity index (χ0v) is 13.1. The Morgan fingerprint density at radius 2 is 1.54 bits per heavy atom. The second-order valence-corrected chi connectivity index (χ2v) is 5.90. The molecule has 4 nitrogen and oxygen atoms in total. The lowest BCUT2D eigenvalue weighted by Gasteiger charge is -2.27. The third kappa shape index (κ3) is 2.36. The Morgan fingerprint density at radius 3 is 2.17 bits per heavy atom. The number of hydrogen-bond acceptors (Lipinski definition) is 3. The van der Waals surface area contributed by atoms with Crippen LogP contribution in [0.15, 0.2) is 60.8 Å². The Labute approximate surface area is 139 Å². The van der Waals surface area contributed by atoms with Crippen LogP contribution in [0, 0.1) is 0 Å². The van der Waals surface area contributed by atoms with Crippen molar-refractivity contribution >= 4 is 22.6 Å². The molecule has 0 unspecified atom stereocenters. The number of nitrogens with zero attached hydrogens (tertiary/aromatic N) is 2. The third-order valence-corrected chi connectivity index (χ3v) is 4.40. The zero-order valence-electron chi connectivity index (χ0n) is 13.1. The SMILES string of the molecule is O=C1c2cccc3cccc(c23)C(=O)N1CCCc1ccccn1. The Hall–Kier alpha value is -3.01. The average molecular weight is 316 g/mol. The largest absolute Gasteiger partial charge is 0.274 e. The molecule has 1 aliphatic rings. The van der Waals surface area contributed by atoms with Gasteiger partial charge in [0, 0.05) is 34.9 Å². The molecule has 1 aliphatic heterocycles. The highest BCUT2D eigenvalue weighted by Gasteiger charge is 2.31. The normalized spacial score (nSPS) is 13.6. The van der Waals surface area contributed by atoms with Gasteiger partial charge < -0.3 is 0 Å². The van der Waals surface area contributed by atoms with Gasteiger partial charge in [-0.25, -0.2) is 0 Å².